The van der Waals surface area contributed by atoms with Gasteiger partial charge in [-0.1, -0.05) is 0 Å². The van der Waals surface area contributed by atoms with Gasteiger partial charge in [0.1, 0.15) is 5.75 Å². The molecule has 1 aliphatic rings. The van der Waals surface area contributed by atoms with Crippen molar-refractivity contribution in [2.24, 2.45) is 0 Å². The second kappa shape index (κ2) is 5.36. The molecule has 1 amide bonds. The predicted molar refractivity (Wildman–Crippen MR) is 69.3 cm³/mol. The molecular weight excluding hydrogens is 248 g/mol. The van der Waals surface area contributed by atoms with E-state index in [9.17, 15) is 9.90 Å². The number of hydrogen-bond acceptors (Lipinski definition) is 5. The van der Waals surface area contributed by atoms with Crippen molar-refractivity contribution < 1.29 is 19.4 Å². The maximum absolute atomic E-state index is 11.6. The smallest absolute Gasteiger partial charge is 0.236 e. The molecule has 104 valence electrons. The predicted octanol–water partition coefficient (Wildman–Crippen LogP) is 0.641. The molecule has 6 heteroatoms. The maximum Gasteiger partial charge on any atom is 0.236 e. The van der Waals surface area contributed by atoms with E-state index in [0.29, 0.717) is 30.2 Å². The van der Waals surface area contributed by atoms with Crippen LogP contribution in [0.4, 0.5) is 0 Å². The first-order valence-corrected chi connectivity index (χ1v) is 5.97. The number of rotatable bonds is 4. The maximum atomic E-state index is 11.6. The van der Waals surface area contributed by atoms with E-state index in [4.69, 9.17) is 9.47 Å². The Hall–Kier alpha value is -1.95. The van der Waals surface area contributed by atoms with E-state index in [-0.39, 0.29) is 18.4 Å². The van der Waals surface area contributed by atoms with Gasteiger partial charge in [-0.05, 0) is 13.1 Å². The van der Waals surface area contributed by atoms with Gasteiger partial charge in [0.25, 0.3) is 0 Å². The van der Waals surface area contributed by atoms with Gasteiger partial charge < -0.3 is 19.5 Å². The Morgan fingerprint density at radius 3 is 2.53 bits per heavy atom. The van der Waals surface area contributed by atoms with Crippen LogP contribution < -0.4 is 9.47 Å². The summed E-state index contributed by atoms with van der Waals surface area (Å²) in [7, 11) is 5.26. The van der Waals surface area contributed by atoms with E-state index in [2.05, 4.69) is 0 Å². The van der Waals surface area contributed by atoms with Crippen molar-refractivity contribution in [3.8, 4) is 17.2 Å². The molecule has 1 aromatic carbocycles. The molecule has 1 heterocycles. The molecule has 0 atom stereocenters. The Labute approximate surface area is 112 Å². The number of phenolic OH excluding ortho intramolecular Hbond substituents is 1. The number of aromatic hydroxyl groups is 1. The summed E-state index contributed by atoms with van der Waals surface area (Å²) in [6.45, 7) is 0.927. The summed E-state index contributed by atoms with van der Waals surface area (Å²) in [5.41, 5.74) is 0.707. The second-order valence-electron chi connectivity index (χ2n) is 4.79. The van der Waals surface area contributed by atoms with Crippen LogP contribution in [0.5, 0.6) is 17.2 Å². The number of hydrogen-bond donors (Lipinski definition) is 1. The van der Waals surface area contributed by atoms with Gasteiger partial charge in [-0.3, -0.25) is 9.69 Å². The summed E-state index contributed by atoms with van der Waals surface area (Å²) in [4.78, 5) is 15.0. The molecule has 6 nitrogen and oxygen atoms in total. The minimum Gasteiger partial charge on any atom is -0.507 e. The Kier molecular flexibility index (Phi) is 3.80. The van der Waals surface area contributed by atoms with E-state index in [1.165, 1.54) is 4.90 Å². The molecule has 0 aliphatic carbocycles. The van der Waals surface area contributed by atoms with Crippen molar-refractivity contribution in [3.05, 3.63) is 17.7 Å². The van der Waals surface area contributed by atoms with Crippen molar-refractivity contribution in [2.45, 2.75) is 6.54 Å². The molecule has 0 saturated heterocycles. The molecule has 0 radical (unpaired) electrons. The van der Waals surface area contributed by atoms with E-state index in [1.807, 2.05) is 11.9 Å². The number of fused-ring (bicyclic) bond motifs is 1. The van der Waals surface area contributed by atoms with Crippen LogP contribution in [-0.2, 0) is 11.3 Å². The third-order valence-electron chi connectivity index (χ3n) is 2.92. The Balaban J connectivity index is 2.05. The topological polar surface area (TPSA) is 62.2 Å². The lowest BCUT2D eigenvalue weighted by atomic mass is 10.1. The lowest BCUT2D eigenvalue weighted by molar-refractivity contribution is -0.129. The summed E-state index contributed by atoms with van der Waals surface area (Å²) in [6, 6.07) is 3.29. The molecule has 0 saturated carbocycles. The number of carbonyl (C=O) groups is 1. The van der Waals surface area contributed by atoms with Crippen molar-refractivity contribution in [3.63, 3.8) is 0 Å². The van der Waals surface area contributed by atoms with Gasteiger partial charge in [-0.25, -0.2) is 0 Å². The second-order valence-corrected chi connectivity index (χ2v) is 4.79. The van der Waals surface area contributed by atoms with Crippen LogP contribution in [0.2, 0.25) is 0 Å². The van der Waals surface area contributed by atoms with Gasteiger partial charge in [0, 0.05) is 32.3 Å². The standard InChI is InChI=1S/C13H18N2O4/c1-14(2)13(17)7-15(3)6-9-4-11-12(5-10(9)16)19-8-18-11/h4-5,16H,6-8H2,1-3H3. The fourth-order valence-corrected chi connectivity index (χ4v) is 1.82. The van der Waals surface area contributed by atoms with Gasteiger partial charge in [0.2, 0.25) is 12.7 Å². The lowest BCUT2D eigenvalue weighted by Gasteiger charge is -2.19. The number of nitrogens with zero attached hydrogens (tertiary/aromatic N) is 2. The lowest BCUT2D eigenvalue weighted by Crippen LogP contribution is -2.34. The van der Waals surface area contributed by atoms with E-state index < -0.39 is 0 Å². The minimum atomic E-state index is 0.0164. The van der Waals surface area contributed by atoms with Gasteiger partial charge >= 0.3 is 0 Å². The molecule has 19 heavy (non-hydrogen) atoms. The van der Waals surface area contributed by atoms with E-state index >= 15 is 0 Å². The zero-order valence-corrected chi connectivity index (χ0v) is 11.3. The van der Waals surface area contributed by atoms with Crippen LogP contribution in [0.1, 0.15) is 5.56 Å². The number of carbonyl (C=O) groups excluding carboxylic acids is 1. The normalized spacial score (nSPS) is 12.8. The van der Waals surface area contributed by atoms with Crippen LogP contribution in [0.3, 0.4) is 0 Å². The van der Waals surface area contributed by atoms with Crippen LogP contribution in [0.15, 0.2) is 12.1 Å². The quantitative estimate of drug-likeness (QED) is 0.866. The highest BCUT2D eigenvalue weighted by Crippen LogP contribution is 2.37. The number of amides is 1. The fourth-order valence-electron chi connectivity index (χ4n) is 1.82. The van der Waals surface area contributed by atoms with Crippen molar-refractivity contribution in [1.82, 2.24) is 9.80 Å². The third-order valence-corrected chi connectivity index (χ3v) is 2.92. The SMILES string of the molecule is CN(CC(=O)N(C)C)Cc1cc2c(cc1O)OCO2. The summed E-state index contributed by atoms with van der Waals surface area (Å²) < 4.78 is 10.4. The Bertz CT molecular complexity index is 488. The number of benzene rings is 1. The Morgan fingerprint density at radius 1 is 1.26 bits per heavy atom. The summed E-state index contributed by atoms with van der Waals surface area (Å²) in [5.74, 6) is 1.34. The molecule has 0 bridgehead atoms. The average molecular weight is 266 g/mol. The molecule has 1 aromatic rings. The average Bonchev–Trinajstić information content (AvgIpc) is 2.76. The third kappa shape index (κ3) is 3.08. The molecule has 0 aromatic heterocycles. The highest BCUT2D eigenvalue weighted by Gasteiger charge is 2.18. The first kappa shape index (κ1) is 13.5. The summed E-state index contributed by atoms with van der Waals surface area (Å²) >= 11 is 0. The molecule has 0 fully saturated rings. The van der Waals surface area contributed by atoms with E-state index in [1.54, 1.807) is 26.2 Å². The van der Waals surface area contributed by atoms with Crippen molar-refractivity contribution in [2.75, 3.05) is 34.5 Å². The molecule has 1 N–H and O–H groups in total. The van der Waals surface area contributed by atoms with Gasteiger partial charge in [0.05, 0.1) is 6.54 Å². The van der Waals surface area contributed by atoms with Crippen LogP contribution >= 0.6 is 0 Å². The highest BCUT2D eigenvalue weighted by molar-refractivity contribution is 5.77. The van der Waals surface area contributed by atoms with Gasteiger partial charge in [-0.2, -0.15) is 0 Å². The van der Waals surface area contributed by atoms with Gasteiger partial charge in [0.15, 0.2) is 11.5 Å². The molecule has 0 unspecified atom stereocenters. The van der Waals surface area contributed by atoms with Crippen LogP contribution in [0, 0.1) is 0 Å². The van der Waals surface area contributed by atoms with Crippen molar-refractivity contribution in [1.29, 1.82) is 0 Å². The number of ether oxygens (including phenoxy) is 2. The number of phenols is 1. The first-order valence-electron chi connectivity index (χ1n) is 5.97. The Morgan fingerprint density at radius 2 is 1.89 bits per heavy atom. The monoisotopic (exact) mass is 266 g/mol. The highest BCUT2D eigenvalue weighted by atomic mass is 16.7. The van der Waals surface area contributed by atoms with Crippen LogP contribution in [0.25, 0.3) is 0 Å². The summed E-state index contributed by atoms with van der Waals surface area (Å²) in [5, 5.41) is 9.91. The molecule has 2 rings (SSSR count). The van der Waals surface area contributed by atoms with E-state index in [0.717, 1.165) is 0 Å². The van der Waals surface area contributed by atoms with Crippen LogP contribution in [-0.4, -0.2) is 55.3 Å². The zero-order chi connectivity index (χ0) is 14.0. The molecule has 1 aliphatic heterocycles. The minimum absolute atomic E-state index is 0.0164. The molecule has 0 spiro atoms. The fraction of sp³-hybridized carbons (Fsp3) is 0.462. The number of likely N-dealkylation sites (N-methyl/N-ethyl adjacent to an activating group) is 2. The van der Waals surface area contributed by atoms with Crippen molar-refractivity contribution >= 4 is 5.91 Å². The zero-order valence-electron chi connectivity index (χ0n) is 11.3. The first-order chi connectivity index (χ1) is 8.97. The largest absolute Gasteiger partial charge is 0.507 e. The summed E-state index contributed by atoms with van der Waals surface area (Å²) in [6.07, 6.45) is 0. The van der Waals surface area contributed by atoms with Gasteiger partial charge in [-0.15, -0.1) is 0 Å². The molecular formula is C13H18N2O4.